The fourth-order valence-corrected chi connectivity index (χ4v) is 3.35. The smallest absolute Gasteiger partial charge is 0.263 e. The molecule has 27 heavy (non-hydrogen) atoms. The lowest BCUT2D eigenvalue weighted by Gasteiger charge is -2.27. The molecule has 3 rings (SSSR count). The minimum Gasteiger partial charge on any atom is -0.371 e. The second-order valence-electron chi connectivity index (χ2n) is 6.93. The van der Waals surface area contributed by atoms with Gasteiger partial charge in [-0.2, -0.15) is 5.26 Å². The van der Waals surface area contributed by atoms with E-state index in [2.05, 4.69) is 42.6 Å². The van der Waals surface area contributed by atoms with E-state index in [0.717, 1.165) is 31.5 Å². The summed E-state index contributed by atoms with van der Waals surface area (Å²) >= 11 is 0. The number of nitriles is 1. The average molecular weight is 359 g/mol. The summed E-state index contributed by atoms with van der Waals surface area (Å²) in [7, 11) is 0. The Balaban J connectivity index is 1.67. The molecule has 1 aliphatic rings. The summed E-state index contributed by atoms with van der Waals surface area (Å²) in [6.07, 6.45) is 3.60. The highest BCUT2D eigenvalue weighted by molar-refractivity contribution is 5.97. The van der Waals surface area contributed by atoms with Crippen LogP contribution in [-0.2, 0) is 24.2 Å². The molecule has 4 nitrogen and oxygen atoms in total. The van der Waals surface area contributed by atoms with Gasteiger partial charge in [-0.15, -0.1) is 0 Å². The van der Waals surface area contributed by atoms with Crippen molar-refractivity contribution in [2.45, 2.75) is 39.3 Å². The number of benzene rings is 2. The molecule has 1 amide bonds. The van der Waals surface area contributed by atoms with Crippen LogP contribution >= 0.6 is 0 Å². The van der Waals surface area contributed by atoms with Crippen molar-refractivity contribution in [1.29, 1.82) is 5.26 Å². The van der Waals surface area contributed by atoms with E-state index in [9.17, 15) is 10.1 Å². The standard InChI is InChI=1S/C23H25N3O/c1-3-18-8-10-19(11-9-18)17(2)25-23(27)22(14-24)16-26-13-12-20-6-4-5-7-21(20)15-26/h4-11,16-17H,3,12-13,15H2,1-2H3,(H,25,27)/b22-16-. The van der Waals surface area contributed by atoms with Crippen LogP contribution in [0.3, 0.4) is 0 Å². The lowest BCUT2D eigenvalue weighted by molar-refractivity contribution is -0.117. The molecule has 1 N–H and O–H groups in total. The summed E-state index contributed by atoms with van der Waals surface area (Å²) < 4.78 is 0. The maximum Gasteiger partial charge on any atom is 0.263 e. The van der Waals surface area contributed by atoms with Gasteiger partial charge in [-0.1, -0.05) is 55.5 Å². The predicted molar refractivity (Wildman–Crippen MR) is 107 cm³/mol. The monoisotopic (exact) mass is 359 g/mol. The van der Waals surface area contributed by atoms with Crippen LogP contribution in [0.1, 0.15) is 42.1 Å². The number of nitrogens with zero attached hydrogens (tertiary/aromatic N) is 2. The van der Waals surface area contributed by atoms with Crippen molar-refractivity contribution in [3.8, 4) is 6.07 Å². The molecule has 0 bridgehead atoms. The van der Waals surface area contributed by atoms with E-state index in [-0.39, 0.29) is 17.5 Å². The lowest BCUT2D eigenvalue weighted by Crippen LogP contribution is -2.31. The Morgan fingerprint density at radius 3 is 2.59 bits per heavy atom. The summed E-state index contributed by atoms with van der Waals surface area (Å²) in [5, 5.41) is 12.4. The molecule has 4 heteroatoms. The second-order valence-corrected chi connectivity index (χ2v) is 6.93. The normalized spacial score (nSPS) is 14.9. The van der Waals surface area contributed by atoms with E-state index in [1.54, 1.807) is 6.20 Å². The first-order valence-corrected chi connectivity index (χ1v) is 9.43. The van der Waals surface area contributed by atoms with E-state index >= 15 is 0 Å². The van der Waals surface area contributed by atoms with Crippen LogP contribution in [0.2, 0.25) is 0 Å². The van der Waals surface area contributed by atoms with Gasteiger partial charge in [-0.3, -0.25) is 4.79 Å². The molecule has 1 unspecified atom stereocenters. The van der Waals surface area contributed by atoms with E-state index < -0.39 is 0 Å². The van der Waals surface area contributed by atoms with Crippen LogP contribution in [0.5, 0.6) is 0 Å². The number of fused-ring (bicyclic) bond motifs is 1. The first kappa shape index (κ1) is 18.7. The minimum atomic E-state index is -0.330. The summed E-state index contributed by atoms with van der Waals surface area (Å²) in [6, 6.07) is 18.4. The molecule has 1 aliphatic heterocycles. The third-order valence-electron chi connectivity index (χ3n) is 5.07. The van der Waals surface area contributed by atoms with Crippen LogP contribution in [0.4, 0.5) is 0 Å². The average Bonchev–Trinajstić information content (AvgIpc) is 2.71. The van der Waals surface area contributed by atoms with E-state index in [4.69, 9.17) is 0 Å². The largest absolute Gasteiger partial charge is 0.371 e. The minimum absolute atomic E-state index is 0.145. The molecule has 138 valence electrons. The predicted octanol–water partition coefficient (Wildman–Crippen LogP) is 3.89. The summed E-state index contributed by atoms with van der Waals surface area (Å²) in [4.78, 5) is 14.6. The van der Waals surface area contributed by atoms with Crippen molar-refractivity contribution in [2.75, 3.05) is 6.54 Å². The van der Waals surface area contributed by atoms with E-state index in [1.165, 1.54) is 16.7 Å². The number of rotatable bonds is 5. The van der Waals surface area contributed by atoms with Crippen LogP contribution in [0.15, 0.2) is 60.3 Å². The first-order valence-electron chi connectivity index (χ1n) is 9.43. The zero-order valence-corrected chi connectivity index (χ0v) is 15.9. The summed E-state index contributed by atoms with van der Waals surface area (Å²) in [6.45, 7) is 5.58. The number of hydrogen-bond donors (Lipinski definition) is 1. The molecule has 2 aromatic rings. The Labute approximate surface area is 161 Å². The molecule has 1 heterocycles. The Kier molecular flexibility index (Phi) is 5.93. The second kappa shape index (κ2) is 8.55. The van der Waals surface area contributed by atoms with Crippen molar-refractivity contribution in [1.82, 2.24) is 10.2 Å². The van der Waals surface area contributed by atoms with Crippen LogP contribution in [0.25, 0.3) is 0 Å². The first-order chi connectivity index (χ1) is 13.1. The van der Waals surface area contributed by atoms with Gasteiger partial charge in [0, 0.05) is 19.3 Å². The van der Waals surface area contributed by atoms with Gasteiger partial charge in [0.1, 0.15) is 11.6 Å². The fraction of sp³-hybridized carbons (Fsp3) is 0.304. The number of hydrogen-bond acceptors (Lipinski definition) is 3. The van der Waals surface area contributed by atoms with Crippen molar-refractivity contribution >= 4 is 5.91 Å². The highest BCUT2D eigenvalue weighted by Crippen LogP contribution is 2.20. The zero-order valence-electron chi connectivity index (χ0n) is 15.9. The highest BCUT2D eigenvalue weighted by atomic mass is 16.1. The summed E-state index contributed by atoms with van der Waals surface area (Å²) in [5.41, 5.74) is 5.03. The lowest BCUT2D eigenvalue weighted by atomic mass is 10.00. The number of carbonyl (C=O) groups excluding carboxylic acids is 1. The van der Waals surface area contributed by atoms with Crippen LogP contribution in [0, 0.1) is 11.3 Å². The molecule has 0 aromatic heterocycles. The molecule has 0 aliphatic carbocycles. The maximum absolute atomic E-state index is 12.6. The van der Waals surface area contributed by atoms with Crippen LogP contribution < -0.4 is 5.32 Å². The zero-order chi connectivity index (χ0) is 19.2. The molecule has 0 saturated heterocycles. The van der Waals surface area contributed by atoms with Gasteiger partial charge < -0.3 is 10.2 Å². The third kappa shape index (κ3) is 4.57. The molecule has 2 aromatic carbocycles. The van der Waals surface area contributed by atoms with Crippen molar-refractivity contribution in [3.05, 3.63) is 82.6 Å². The Bertz CT molecular complexity index is 877. The van der Waals surface area contributed by atoms with Gasteiger partial charge in [-0.05, 0) is 42.0 Å². The number of aryl methyl sites for hydroxylation is 1. The van der Waals surface area contributed by atoms with Gasteiger partial charge in [-0.25, -0.2) is 0 Å². The van der Waals surface area contributed by atoms with E-state index in [0.29, 0.717) is 0 Å². The molecule has 0 spiro atoms. The SMILES string of the molecule is CCc1ccc(C(C)NC(=O)/C(C#N)=C\N2CCc3ccccc3C2)cc1. The molecular formula is C23H25N3O. The summed E-state index contributed by atoms with van der Waals surface area (Å²) in [5.74, 6) is -0.330. The van der Waals surface area contributed by atoms with E-state index in [1.807, 2.05) is 36.1 Å². The molecule has 1 atom stereocenters. The third-order valence-corrected chi connectivity index (χ3v) is 5.07. The molecular weight excluding hydrogens is 334 g/mol. The quantitative estimate of drug-likeness (QED) is 0.651. The van der Waals surface area contributed by atoms with Gasteiger partial charge in [0.15, 0.2) is 0 Å². The number of nitrogens with one attached hydrogen (secondary N) is 1. The molecule has 0 fully saturated rings. The fourth-order valence-electron chi connectivity index (χ4n) is 3.35. The maximum atomic E-state index is 12.6. The number of carbonyl (C=O) groups is 1. The van der Waals surface area contributed by atoms with Crippen molar-refractivity contribution < 1.29 is 4.79 Å². The van der Waals surface area contributed by atoms with Crippen molar-refractivity contribution in [2.24, 2.45) is 0 Å². The molecule has 0 saturated carbocycles. The van der Waals surface area contributed by atoms with Gasteiger partial charge in [0.25, 0.3) is 5.91 Å². The molecule has 0 radical (unpaired) electrons. The number of amides is 1. The van der Waals surface area contributed by atoms with Crippen molar-refractivity contribution in [3.63, 3.8) is 0 Å². The van der Waals surface area contributed by atoms with Gasteiger partial charge in [0.05, 0.1) is 6.04 Å². The Morgan fingerprint density at radius 1 is 1.22 bits per heavy atom. The van der Waals surface area contributed by atoms with Gasteiger partial charge in [0.2, 0.25) is 0 Å². The Morgan fingerprint density at radius 2 is 1.93 bits per heavy atom. The topological polar surface area (TPSA) is 56.1 Å². The highest BCUT2D eigenvalue weighted by Gasteiger charge is 2.18. The van der Waals surface area contributed by atoms with Gasteiger partial charge >= 0.3 is 0 Å². The van der Waals surface area contributed by atoms with Crippen LogP contribution in [-0.4, -0.2) is 17.4 Å². The Hall–Kier alpha value is -3.06.